The third-order valence-corrected chi connectivity index (χ3v) is 6.21. The van der Waals surface area contributed by atoms with E-state index in [9.17, 15) is 14.4 Å². The number of aromatic nitrogens is 1. The highest BCUT2D eigenvalue weighted by atomic mass is 32.1. The van der Waals surface area contributed by atoms with Crippen molar-refractivity contribution in [3.63, 3.8) is 0 Å². The highest BCUT2D eigenvalue weighted by Crippen LogP contribution is 2.29. The quantitative estimate of drug-likeness (QED) is 0.422. The van der Waals surface area contributed by atoms with Gasteiger partial charge in [-0.05, 0) is 25.0 Å². The van der Waals surface area contributed by atoms with E-state index in [4.69, 9.17) is 9.47 Å². The molecule has 0 fully saturated rings. The van der Waals surface area contributed by atoms with E-state index in [0.29, 0.717) is 28.7 Å². The summed E-state index contributed by atoms with van der Waals surface area (Å²) in [5.74, 6) is -1.75. The van der Waals surface area contributed by atoms with Crippen LogP contribution < -0.4 is 10.6 Å². The van der Waals surface area contributed by atoms with Crippen LogP contribution in [0, 0.1) is 0 Å². The number of thiazole rings is 1. The summed E-state index contributed by atoms with van der Waals surface area (Å²) < 4.78 is 10.1. The monoisotopic (exact) mass is 473 g/mol. The first-order valence-corrected chi connectivity index (χ1v) is 11.7. The number of nitrogens with zero attached hydrogens (tertiary/aromatic N) is 1. The number of esters is 2. The minimum absolute atomic E-state index is 0.120. The minimum atomic E-state index is -0.699. The molecule has 0 atom stereocenters. The number of rotatable bonds is 10. The van der Waals surface area contributed by atoms with Gasteiger partial charge in [0.2, 0.25) is 0 Å². The van der Waals surface area contributed by atoms with Gasteiger partial charge in [0.05, 0.1) is 12.2 Å². The zero-order valence-electron chi connectivity index (χ0n) is 17.7. The first-order chi connectivity index (χ1) is 15.5. The van der Waals surface area contributed by atoms with Crippen molar-refractivity contribution >= 4 is 50.7 Å². The standard InChI is InChI=1S/C22H23N3O5S2/c1-3-15-10-16(20(27)29-4-2)19(32-15)25-18(26)12-30-21(28)17-13-31-22(24-17)23-11-14-8-6-5-7-9-14/h5-10,13H,3-4,11-12H2,1-2H3,(H,23,24)(H,25,26). The summed E-state index contributed by atoms with van der Waals surface area (Å²) in [4.78, 5) is 41.8. The molecule has 0 bridgehead atoms. The molecule has 0 aliphatic carbocycles. The van der Waals surface area contributed by atoms with Crippen LogP contribution in [-0.2, 0) is 27.2 Å². The molecule has 0 aliphatic rings. The second-order valence-corrected chi connectivity index (χ2v) is 8.53. The van der Waals surface area contributed by atoms with E-state index in [1.54, 1.807) is 18.4 Å². The van der Waals surface area contributed by atoms with Crippen molar-refractivity contribution in [3.8, 4) is 0 Å². The van der Waals surface area contributed by atoms with E-state index in [-0.39, 0.29) is 12.3 Å². The van der Waals surface area contributed by atoms with Gasteiger partial charge >= 0.3 is 11.9 Å². The lowest BCUT2D eigenvalue weighted by molar-refractivity contribution is -0.119. The van der Waals surface area contributed by atoms with Crippen molar-refractivity contribution in [2.24, 2.45) is 0 Å². The maximum atomic E-state index is 12.3. The van der Waals surface area contributed by atoms with Crippen molar-refractivity contribution in [1.82, 2.24) is 4.98 Å². The van der Waals surface area contributed by atoms with Crippen LogP contribution in [0.1, 0.15) is 45.1 Å². The van der Waals surface area contributed by atoms with Gasteiger partial charge < -0.3 is 20.1 Å². The molecular formula is C22H23N3O5S2. The fraction of sp³-hybridized carbons (Fsp3) is 0.273. The highest BCUT2D eigenvalue weighted by molar-refractivity contribution is 7.16. The third-order valence-electron chi connectivity index (χ3n) is 4.21. The summed E-state index contributed by atoms with van der Waals surface area (Å²) in [6, 6.07) is 11.5. The van der Waals surface area contributed by atoms with Crippen molar-refractivity contribution in [3.05, 3.63) is 63.5 Å². The molecule has 0 aliphatic heterocycles. The molecule has 0 spiro atoms. The summed E-state index contributed by atoms with van der Waals surface area (Å²) in [6.07, 6.45) is 0.715. The number of aryl methyl sites for hydroxylation is 1. The molecule has 0 saturated heterocycles. The number of ether oxygens (including phenoxy) is 2. The molecule has 2 heterocycles. The Morgan fingerprint density at radius 3 is 2.56 bits per heavy atom. The number of carbonyl (C=O) groups is 3. The summed E-state index contributed by atoms with van der Waals surface area (Å²) in [5, 5.41) is 8.30. The van der Waals surface area contributed by atoms with Gasteiger partial charge in [-0.2, -0.15) is 0 Å². The predicted octanol–water partition coefficient (Wildman–Crippen LogP) is 4.35. The van der Waals surface area contributed by atoms with E-state index in [2.05, 4.69) is 15.6 Å². The Bertz CT molecular complexity index is 1080. The lowest BCUT2D eigenvalue weighted by Crippen LogP contribution is -2.21. The Labute approximate surface area is 193 Å². The van der Waals surface area contributed by atoms with Crippen molar-refractivity contribution in [2.75, 3.05) is 23.8 Å². The summed E-state index contributed by atoms with van der Waals surface area (Å²) >= 11 is 2.56. The molecule has 3 rings (SSSR count). The van der Waals surface area contributed by atoms with Crippen molar-refractivity contribution in [2.45, 2.75) is 26.8 Å². The van der Waals surface area contributed by atoms with E-state index < -0.39 is 24.5 Å². The first kappa shape index (κ1) is 23.4. The lowest BCUT2D eigenvalue weighted by Gasteiger charge is -2.06. The summed E-state index contributed by atoms with van der Waals surface area (Å²) in [5.41, 5.74) is 1.50. The van der Waals surface area contributed by atoms with Gasteiger partial charge in [-0.25, -0.2) is 14.6 Å². The van der Waals surface area contributed by atoms with Crippen molar-refractivity contribution in [1.29, 1.82) is 0 Å². The number of hydrogen-bond acceptors (Lipinski definition) is 9. The molecular weight excluding hydrogens is 450 g/mol. The molecule has 0 radical (unpaired) electrons. The number of nitrogens with one attached hydrogen (secondary N) is 2. The normalized spacial score (nSPS) is 10.4. The fourth-order valence-electron chi connectivity index (χ4n) is 2.66. The van der Waals surface area contributed by atoms with Gasteiger partial charge in [0.1, 0.15) is 5.00 Å². The van der Waals surface area contributed by atoms with Gasteiger partial charge in [-0.3, -0.25) is 4.79 Å². The van der Waals surface area contributed by atoms with Crippen LogP contribution in [0.15, 0.2) is 41.8 Å². The predicted molar refractivity (Wildman–Crippen MR) is 124 cm³/mol. The SMILES string of the molecule is CCOC(=O)c1cc(CC)sc1NC(=O)COC(=O)c1csc(NCc2ccccc2)n1. The number of anilines is 2. The zero-order chi connectivity index (χ0) is 22.9. The smallest absolute Gasteiger partial charge is 0.358 e. The molecule has 32 heavy (non-hydrogen) atoms. The summed E-state index contributed by atoms with van der Waals surface area (Å²) in [7, 11) is 0. The third kappa shape index (κ3) is 6.38. The Balaban J connectivity index is 1.52. The van der Waals surface area contributed by atoms with Gasteiger partial charge in [-0.1, -0.05) is 37.3 Å². The van der Waals surface area contributed by atoms with Crippen LogP contribution in [-0.4, -0.2) is 36.0 Å². The highest BCUT2D eigenvalue weighted by Gasteiger charge is 2.20. The van der Waals surface area contributed by atoms with Gasteiger partial charge in [0.25, 0.3) is 5.91 Å². The maximum absolute atomic E-state index is 12.3. The van der Waals surface area contributed by atoms with Gasteiger partial charge in [-0.15, -0.1) is 22.7 Å². The molecule has 168 valence electrons. The molecule has 0 unspecified atom stereocenters. The Morgan fingerprint density at radius 1 is 1.06 bits per heavy atom. The van der Waals surface area contributed by atoms with Crippen LogP contribution in [0.3, 0.4) is 0 Å². The van der Waals surface area contributed by atoms with E-state index in [1.165, 1.54) is 22.7 Å². The number of amides is 1. The Hall–Kier alpha value is -3.24. The average Bonchev–Trinajstić information content (AvgIpc) is 3.44. The van der Waals surface area contributed by atoms with Crippen LogP contribution >= 0.6 is 22.7 Å². The molecule has 2 N–H and O–H groups in total. The van der Waals surface area contributed by atoms with Crippen LogP contribution in [0.2, 0.25) is 0 Å². The topological polar surface area (TPSA) is 107 Å². The second-order valence-electron chi connectivity index (χ2n) is 6.53. The van der Waals surface area contributed by atoms with Crippen LogP contribution in [0.4, 0.5) is 10.1 Å². The minimum Gasteiger partial charge on any atom is -0.462 e. The number of hydrogen-bond donors (Lipinski definition) is 2. The first-order valence-electron chi connectivity index (χ1n) is 10.00. The van der Waals surface area contributed by atoms with Gasteiger partial charge in [0.15, 0.2) is 17.4 Å². The number of benzene rings is 1. The lowest BCUT2D eigenvalue weighted by atomic mass is 10.2. The molecule has 8 nitrogen and oxygen atoms in total. The molecule has 1 aromatic carbocycles. The molecule has 1 amide bonds. The van der Waals surface area contributed by atoms with E-state index in [1.807, 2.05) is 37.3 Å². The Kier molecular flexibility index (Phi) is 8.34. The largest absolute Gasteiger partial charge is 0.462 e. The second kappa shape index (κ2) is 11.4. The van der Waals surface area contributed by atoms with E-state index in [0.717, 1.165) is 10.4 Å². The zero-order valence-corrected chi connectivity index (χ0v) is 19.3. The van der Waals surface area contributed by atoms with E-state index >= 15 is 0 Å². The molecule has 2 aromatic heterocycles. The maximum Gasteiger partial charge on any atom is 0.358 e. The van der Waals surface area contributed by atoms with Gasteiger partial charge in [0, 0.05) is 16.8 Å². The number of thiophene rings is 1. The molecule has 3 aromatic rings. The van der Waals surface area contributed by atoms with Crippen molar-refractivity contribution < 1.29 is 23.9 Å². The molecule has 10 heteroatoms. The average molecular weight is 474 g/mol. The molecule has 0 saturated carbocycles. The summed E-state index contributed by atoms with van der Waals surface area (Å²) in [6.45, 7) is 3.98. The number of carbonyl (C=O) groups excluding carboxylic acids is 3. The Morgan fingerprint density at radius 2 is 1.84 bits per heavy atom. The van der Waals surface area contributed by atoms with Crippen LogP contribution in [0.5, 0.6) is 0 Å². The fourth-order valence-corrected chi connectivity index (χ4v) is 4.34. The van der Waals surface area contributed by atoms with Crippen LogP contribution in [0.25, 0.3) is 0 Å².